The first kappa shape index (κ1) is 24.9. The fraction of sp³-hybridized carbons (Fsp3) is 0.944. The first-order chi connectivity index (χ1) is 13.4. The highest BCUT2D eigenvalue weighted by molar-refractivity contribution is 7.84. The molecule has 2 aliphatic rings. The molecule has 1 amide bonds. The first-order valence-electron chi connectivity index (χ1n) is 9.93. The van der Waals surface area contributed by atoms with Gasteiger partial charge in [0.2, 0.25) is 0 Å². The Balaban J connectivity index is 2.19. The molecule has 0 bridgehead atoms. The molecule has 0 spiro atoms. The molecule has 29 heavy (non-hydrogen) atoms. The molecule has 11 unspecified atom stereocenters. The Bertz CT molecular complexity index is 609. The number of carbonyl (C=O) groups excluding carboxylic acids is 1. The number of nitrogens with zero attached hydrogens (tertiary/aromatic N) is 1. The van der Waals surface area contributed by atoms with E-state index in [1.807, 2.05) is 6.92 Å². The number of carbonyl (C=O) groups is 1. The second kappa shape index (κ2) is 9.86. The van der Waals surface area contributed by atoms with Gasteiger partial charge >= 0.3 is 0 Å². The summed E-state index contributed by atoms with van der Waals surface area (Å²) in [5.41, 5.74) is -1.24. The number of hydroxylamine groups is 3. The van der Waals surface area contributed by atoms with Crippen molar-refractivity contribution in [1.82, 2.24) is 5.32 Å². The highest BCUT2D eigenvalue weighted by atomic mass is 35.5. The van der Waals surface area contributed by atoms with Crippen LogP contribution in [0.15, 0.2) is 0 Å². The second-order valence-corrected chi connectivity index (χ2v) is 10.6. The zero-order valence-electron chi connectivity index (χ0n) is 17.2. The Labute approximate surface area is 179 Å². The molecule has 9 nitrogen and oxygen atoms in total. The maximum absolute atomic E-state index is 12.9. The third-order valence-electron chi connectivity index (χ3n) is 5.93. The minimum absolute atomic E-state index is 0.158. The van der Waals surface area contributed by atoms with Crippen molar-refractivity contribution in [1.29, 1.82) is 0 Å². The summed E-state index contributed by atoms with van der Waals surface area (Å²) in [5, 5.41) is 45.4. The van der Waals surface area contributed by atoms with Gasteiger partial charge in [-0.15, -0.1) is 11.6 Å². The van der Waals surface area contributed by atoms with Crippen LogP contribution in [0.25, 0.3) is 0 Å². The van der Waals surface area contributed by atoms with Gasteiger partial charge in [-0.1, -0.05) is 13.3 Å². The third kappa shape index (κ3) is 5.48. The summed E-state index contributed by atoms with van der Waals surface area (Å²) in [4.78, 5) is 12.9. The van der Waals surface area contributed by atoms with E-state index in [0.29, 0.717) is 13.0 Å². The fourth-order valence-electron chi connectivity index (χ4n) is 4.39. The number of alkyl halides is 1. The van der Waals surface area contributed by atoms with Gasteiger partial charge in [0.15, 0.2) is 11.5 Å². The molecule has 0 aromatic carbocycles. The van der Waals surface area contributed by atoms with Crippen molar-refractivity contribution in [3.63, 3.8) is 0 Å². The Kier molecular flexibility index (Phi) is 8.48. The second-order valence-electron chi connectivity index (χ2n) is 8.41. The van der Waals surface area contributed by atoms with E-state index in [4.69, 9.17) is 16.3 Å². The molecular formula is C18H33ClN2O7S. The average molecular weight is 457 g/mol. The van der Waals surface area contributed by atoms with E-state index in [2.05, 4.69) is 5.32 Å². The molecule has 0 aromatic heterocycles. The van der Waals surface area contributed by atoms with Gasteiger partial charge in [-0.3, -0.25) is 9.00 Å². The van der Waals surface area contributed by atoms with Gasteiger partial charge < -0.3 is 35.2 Å². The van der Waals surface area contributed by atoms with E-state index in [-0.39, 0.29) is 5.92 Å². The normalized spacial score (nSPS) is 43.6. The predicted molar refractivity (Wildman–Crippen MR) is 109 cm³/mol. The molecule has 2 saturated heterocycles. The van der Waals surface area contributed by atoms with Crippen LogP contribution in [0.2, 0.25) is 0 Å². The quantitative estimate of drug-likeness (QED) is 0.228. The highest BCUT2D eigenvalue weighted by Crippen LogP contribution is 2.32. The number of aliphatic hydroxyl groups excluding tert-OH is 3. The molecule has 0 aliphatic carbocycles. The number of hydrogen-bond acceptors (Lipinski definition) is 7. The van der Waals surface area contributed by atoms with Crippen LogP contribution in [-0.2, 0) is 20.3 Å². The lowest BCUT2D eigenvalue weighted by molar-refractivity contribution is -0.865. The van der Waals surface area contributed by atoms with Gasteiger partial charge in [0, 0.05) is 18.6 Å². The standard InChI is InChI=1S/C18H33ClN2O7S/c1-5-6-10-7-11(21(3,26)8-10)17(25)20-12(9(2)19)16-14(23)13(22)15(24)18(28-16)29(4)27/h9-16,18,22-24H,5-8H2,1-4H3,(H,20,25). The number of nitrogens with one attached hydrogen (secondary N) is 1. The number of rotatable bonds is 7. The number of halogens is 1. The van der Waals surface area contributed by atoms with E-state index in [0.717, 1.165) is 12.8 Å². The van der Waals surface area contributed by atoms with Crippen molar-refractivity contribution in [3.8, 4) is 0 Å². The molecular weight excluding hydrogens is 424 g/mol. The topological polar surface area (TPSA) is 139 Å². The van der Waals surface area contributed by atoms with Gasteiger partial charge in [0.1, 0.15) is 24.4 Å². The van der Waals surface area contributed by atoms with Crippen LogP contribution in [0.1, 0.15) is 33.1 Å². The lowest BCUT2D eigenvalue weighted by Gasteiger charge is -2.44. The van der Waals surface area contributed by atoms with E-state index in [9.17, 15) is 29.5 Å². The van der Waals surface area contributed by atoms with Crippen molar-refractivity contribution in [3.05, 3.63) is 5.21 Å². The minimum atomic E-state index is -1.65. The zero-order valence-corrected chi connectivity index (χ0v) is 18.8. The van der Waals surface area contributed by atoms with Crippen LogP contribution < -0.4 is 5.32 Å². The maximum Gasteiger partial charge on any atom is 0.279 e. The van der Waals surface area contributed by atoms with E-state index in [1.54, 1.807) is 6.92 Å². The van der Waals surface area contributed by atoms with Crippen molar-refractivity contribution in [2.45, 2.75) is 80.4 Å². The van der Waals surface area contributed by atoms with Gasteiger partial charge in [-0.2, -0.15) is 0 Å². The molecule has 0 radical (unpaired) electrons. The summed E-state index contributed by atoms with van der Waals surface area (Å²) in [6.45, 7) is 3.97. The average Bonchev–Trinajstić information content (AvgIpc) is 2.92. The molecule has 2 aliphatic heterocycles. The Morgan fingerprint density at radius 1 is 1.34 bits per heavy atom. The third-order valence-corrected chi connectivity index (χ3v) is 7.24. The number of aliphatic hydroxyl groups is 3. The SMILES string of the molecule is CCCC1CC(C(=O)NC(C(C)Cl)C2OC(S(C)=O)C(O)C(O)C2O)[N+](C)([O-])C1. The van der Waals surface area contributed by atoms with Gasteiger partial charge in [-0.05, 0) is 13.3 Å². The molecule has 2 rings (SSSR count). The fourth-order valence-corrected chi connectivity index (χ4v) is 5.43. The van der Waals surface area contributed by atoms with Gasteiger partial charge in [-0.25, -0.2) is 0 Å². The minimum Gasteiger partial charge on any atom is -0.632 e. The van der Waals surface area contributed by atoms with Crippen molar-refractivity contribution in [2.24, 2.45) is 5.92 Å². The largest absolute Gasteiger partial charge is 0.632 e. The highest BCUT2D eigenvalue weighted by Gasteiger charge is 2.50. The van der Waals surface area contributed by atoms with Crippen LogP contribution in [0.5, 0.6) is 0 Å². The number of ether oxygens (including phenoxy) is 1. The number of hydrogen-bond donors (Lipinski definition) is 4. The number of quaternary nitrogens is 1. The van der Waals surface area contributed by atoms with E-state index in [1.165, 1.54) is 13.3 Å². The molecule has 0 aromatic rings. The predicted octanol–water partition coefficient (Wildman–Crippen LogP) is -0.582. The summed E-state index contributed by atoms with van der Waals surface area (Å²) >= 11 is 6.25. The Morgan fingerprint density at radius 3 is 2.48 bits per heavy atom. The van der Waals surface area contributed by atoms with Crippen molar-refractivity contribution < 1.29 is 33.7 Å². The molecule has 11 heteroatoms. The van der Waals surface area contributed by atoms with Crippen molar-refractivity contribution >= 4 is 28.3 Å². The zero-order chi connectivity index (χ0) is 22.1. The first-order valence-corrected chi connectivity index (χ1v) is 12.0. The molecule has 0 saturated carbocycles. The van der Waals surface area contributed by atoms with Crippen LogP contribution in [-0.4, -0.2) is 97.2 Å². The summed E-state index contributed by atoms with van der Waals surface area (Å²) in [7, 11) is -0.181. The van der Waals surface area contributed by atoms with E-state index < -0.39 is 68.7 Å². The number of amides is 1. The molecule has 11 atom stereocenters. The summed E-state index contributed by atoms with van der Waals surface area (Å²) in [6.07, 6.45) is -2.34. The number of likely N-dealkylation sites (tertiary alicyclic amines) is 1. The monoisotopic (exact) mass is 456 g/mol. The summed E-state index contributed by atoms with van der Waals surface area (Å²) in [5.74, 6) is -0.338. The summed E-state index contributed by atoms with van der Waals surface area (Å²) in [6, 6.07) is -1.77. The van der Waals surface area contributed by atoms with Crippen LogP contribution in [0.3, 0.4) is 0 Å². The van der Waals surface area contributed by atoms with E-state index >= 15 is 0 Å². The Hall–Kier alpha value is -0.330. The van der Waals surface area contributed by atoms with Gasteiger partial charge in [0.05, 0.1) is 35.8 Å². The van der Waals surface area contributed by atoms with Gasteiger partial charge in [0.25, 0.3) is 5.91 Å². The van der Waals surface area contributed by atoms with Crippen LogP contribution >= 0.6 is 11.6 Å². The molecule has 2 heterocycles. The molecule has 2 fully saturated rings. The maximum atomic E-state index is 12.9. The van der Waals surface area contributed by atoms with Crippen LogP contribution in [0, 0.1) is 11.1 Å². The number of likely N-dealkylation sites (N-methyl/N-ethyl adjacent to an activating group) is 1. The lowest BCUT2D eigenvalue weighted by atomic mass is 9.92. The van der Waals surface area contributed by atoms with Crippen molar-refractivity contribution in [2.75, 3.05) is 19.8 Å². The van der Waals surface area contributed by atoms with Crippen LogP contribution in [0.4, 0.5) is 0 Å². The lowest BCUT2D eigenvalue weighted by Crippen LogP contribution is -2.66. The smallest absolute Gasteiger partial charge is 0.279 e. The summed E-state index contributed by atoms with van der Waals surface area (Å²) < 4.78 is 16.8. The molecule has 170 valence electrons. The molecule has 4 N–H and O–H groups in total. The Morgan fingerprint density at radius 2 is 1.97 bits per heavy atom.